The smallest absolute Gasteiger partial charge is 0.234 e. The maximum Gasteiger partial charge on any atom is 0.234 e. The van der Waals surface area contributed by atoms with Gasteiger partial charge < -0.3 is 14.8 Å². The molecule has 1 saturated carbocycles. The van der Waals surface area contributed by atoms with Crippen LogP contribution in [-0.2, 0) is 10.3 Å². The van der Waals surface area contributed by atoms with Crippen LogP contribution >= 0.6 is 0 Å². The zero-order valence-corrected chi connectivity index (χ0v) is 16.5. The second kappa shape index (κ2) is 8.09. The van der Waals surface area contributed by atoms with E-state index in [0.29, 0.717) is 25.8 Å². The topological polar surface area (TPSA) is 50.8 Å². The highest BCUT2D eigenvalue weighted by molar-refractivity contribution is 5.79. The van der Waals surface area contributed by atoms with Gasteiger partial charge in [-0.2, -0.15) is 0 Å². The fourth-order valence-electron chi connectivity index (χ4n) is 5.03. The lowest BCUT2D eigenvalue weighted by Crippen LogP contribution is -2.50. The molecule has 0 aromatic heterocycles. The monoisotopic (exact) mass is 372 g/mol. The Balaban J connectivity index is 1.49. The summed E-state index contributed by atoms with van der Waals surface area (Å²) in [5.74, 6) is 1.78. The van der Waals surface area contributed by atoms with Gasteiger partial charge in [0.05, 0.1) is 12.1 Å². The molecule has 2 fully saturated rings. The molecule has 5 nitrogen and oxygen atoms in total. The van der Waals surface area contributed by atoms with Crippen LogP contribution in [0.4, 0.5) is 0 Å². The molecule has 1 aromatic rings. The van der Waals surface area contributed by atoms with E-state index in [2.05, 4.69) is 29.3 Å². The van der Waals surface area contributed by atoms with E-state index in [0.717, 1.165) is 55.7 Å². The number of hydrogen-bond donors (Lipinski definition) is 1. The highest BCUT2D eigenvalue weighted by Gasteiger charge is 2.38. The Morgan fingerprint density at radius 2 is 1.93 bits per heavy atom. The molecule has 1 unspecified atom stereocenters. The van der Waals surface area contributed by atoms with E-state index in [9.17, 15) is 4.79 Å². The molecular formula is C22H32N2O3. The van der Waals surface area contributed by atoms with Crippen LogP contribution in [0.2, 0.25) is 0 Å². The zero-order chi connectivity index (χ0) is 18.7. The second-order valence-corrected chi connectivity index (χ2v) is 8.22. The Hall–Kier alpha value is -1.75. The van der Waals surface area contributed by atoms with E-state index in [1.807, 2.05) is 6.07 Å². The van der Waals surface area contributed by atoms with Gasteiger partial charge in [0, 0.05) is 6.04 Å². The third-order valence-electron chi connectivity index (χ3n) is 6.50. The van der Waals surface area contributed by atoms with Crippen molar-refractivity contribution >= 4 is 5.91 Å². The van der Waals surface area contributed by atoms with Crippen molar-refractivity contribution in [2.24, 2.45) is 0 Å². The number of nitrogens with one attached hydrogen (secondary N) is 1. The fraction of sp³-hybridized carbons (Fsp3) is 0.682. The highest BCUT2D eigenvalue weighted by Crippen LogP contribution is 2.42. The summed E-state index contributed by atoms with van der Waals surface area (Å²) in [6, 6.07) is 6.73. The van der Waals surface area contributed by atoms with Crippen LogP contribution in [0.25, 0.3) is 0 Å². The summed E-state index contributed by atoms with van der Waals surface area (Å²) < 4.78 is 11.4. The van der Waals surface area contributed by atoms with Crippen LogP contribution < -0.4 is 14.8 Å². The Morgan fingerprint density at radius 1 is 1.15 bits per heavy atom. The summed E-state index contributed by atoms with van der Waals surface area (Å²) in [7, 11) is 0. The van der Waals surface area contributed by atoms with Crippen LogP contribution in [0.5, 0.6) is 11.5 Å². The van der Waals surface area contributed by atoms with Gasteiger partial charge in [0.2, 0.25) is 5.91 Å². The molecule has 27 heavy (non-hydrogen) atoms. The van der Waals surface area contributed by atoms with E-state index in [1.54, 1.807) is 0 Å². The first kappa shape index (κ1) is 18.6. The highest BCUT2D eigenvalue weighted by atomic mass is 16.6. The lowest BCUT2D eigenvalue weighted by Gasteiger charge is -2.37. The van der Waals surface area contributed by atoms with Crippen molar-refractivity contribution < 1.29 is 14.3 Å². The van der Waals surface area contributed by atoms with Gasteiger partial charge >= 0.3 is 0 Å². The number of rotatable bonds is 5. The SMILES string of the molecule is CCC1CCCCN1CC(=O)NC1(c2ccc3c(c2)OCCO3)CCCC1. The lowest BCUT2D eigenvalue weighted by atomic mass is 9.87. The van der Waals surface area contributed by atoms with Crippen LogP contribution in [-0.4, -0.2) is 43.2 Å². The number of fused-ring (bicyclic) bond motifs is 1. The summed E-state index contributed by atoms with van der Waals surface area (Å²) in [5, 5.41) is 3.43. The molecule has 0 bridgehead atoms. The Kier molecular flexibility index (Phi) is 5.58. The first-order valence-corrected chi connectivity index (χ1v) is 10.7. The van der Waals surface area contributed by atoms with Crippen molar-refractivity contribution in [1.82, 2.24) is 10.2 Å². The summed E-state index contributed by atoms with van der Waals surface area (Å²) in [6.07, 6.45) is 9.13. The normalized spacial score (nSPS) is 24.6. The van der Waals surface area contributed by atoms with E-state index in [4.69, 9.17) is 9.47 Å². The molecule has 3 aliphatic rings. The molecule has 1 atom stereocenters. The molecule has 4 rings (SSSR count). The third kappa shape index (κ3) is 3.93. The quantitative estimate of drug-likeness (QED) is 0.858. The molecule has 5 heteroatoms. The number of benzene rings is 1. The minimum atomic E-state index is -0.260. The van der Waals surface area contributed by atoms with Crippen LogP contribution in [0, 0.1) is 0 Å². The average Bonchev–Trinajstić information content (AvgIpc) is 3.17. The second-order valence-electron chi connectivity index (χ2n) is 8.22. The number of nitrogens with zero attached hydrogens (tertiary/aromatic N) is 1. The van der Waals surface area contributed by atoms with Crippen LogP contribution in [0.3, 0.4) is 0 Å². The number of hydrogen-bond acceptors (Lipinski definition) is 4. The van der Waals surface area contributed by atoms with Gasteiger partial charge in [-0.1, -0.05) is 32.3 Å². The zero-order valence-electron chi connectivity index (χ0n) is 16.5. The number of amides is 1. The van der Waals surface area contributed by atoms with Gasteiger partial charge in [0.1, 0.15) is 13.2 Å². The molecule has 1 aromatic carbocycles. The van der Waals surface area contributed by atoms with Crippen molar-refractivity contribution in [3.63, 3.8) is 0 Å². The maximum absolute atomic E-state index is 13.0. The summed E-state index contributed by atoms with van der Waals surface area (Å²) >= 11 is 0. The molecule has 0 spiro atoms. The van der Waals surface area contributed by atoms with Crippen molar-refractivity contribution in [1.29, 1.82) is 0 Å². The molecule has 1 saturated heterocycles. The molecule has 1 N–H and O–H groups in total. The Bertz CT molecular complexity index is 670. The standard InChI is InChI=1S/C22H32N2O3/c1-2-18-7-3-6-12-24(18)16-21(25)23-22(10-4-5-11-22)17-8-9-19-20(15-17)27-14-13-26-19/h8-9,15,18H,2-7,10-14,16H2,1H3,(H,23,25). The predicted molar refractivity (Wildman–Crippen MR) is 105 cm³/mol. The van der Waals surface area contributed by atoms with Crippen molar-refractivity contribution in [2.75, 3.05) is 26.3 Å². The van der Waals surface area contributed by atoms with Crippen LogP contribution in [0.1, 0.15) is 63.9 Å². The number of piperidine rings is 1. The summed E-state index contributed by atoms with van der Waals surface area (Å²) in [6.45, 7) is 4.98. The van der Waals surface area contributed by atoms with Crippen molar-refractivity contribution in [2.45, 2.75) is 69.9 Å². The van der Waals surface area contributed by atoms with Crippen molar-refractivity contribution in [3.8, 4) is 11.5 Å². The molecule has 1 aliphatic carbocycles. The maximum atomic E-state index is 13.0. The summed E-state index contributed by atoms with van der Waals surface area (Å²) in [4.78, 5) is 15.4. The van der Waals surface area contributed by atoms with E-state index >= 15 is 0 Å². The first-order valence-electron chi connectivity index (χ1n) is 10.7. The van der Waals surface area contributed by atoms with Gasteiger partial charge in [0.15, 0.2) is 11.5 Å². The number of carbonyl (C=O) groups excluding carboxylic acids is 1. The first-order chi connectivity index (χ1) is 13.2. The lowest BCUT2D eigenvalue weighted by molar-refractivity contribution is -0.125. The van der Waals surface area contributed by atoms with Gasteiger partial charge in [-0.25, -0.2) is 0 Å². The van der Waals surface area contributed by atoms with Gasteiger partial charge in [-0.15, -0.1) is 0 Å². The van der Waals surface area contributed by atoms with E-state index in [-0.39, 0.29) is 11.4 Å². The molecule has 148 valence electrons. The molecule has 2 heterocycles. The van der Waals surface area contributed by atoms with E-state index < -0.39 is 0 Å². The molecular weight excluding hydrogens is 340 g/mol. The number of likely N-dealkylation sites (tertiary alicyclic amines) is 1. The molecule has 2 aliphatic heterocycles. The molecule has 0 radical (unpaired) electrons. The minimum absolute atomic E-state index is 0.159. The van der Waals surface area contributed by atoms with Crippen molar-refractivity contribution in [3.05, 3.63) is 23.8 Å². The average molecular weight is 373 g/mol. The largest absolute Gasteiger partial charge is 0.486 e. The fourth-order valence-corrected chi connectivity index (χ4v) is 5.03. The van der Waals surface area contributed by atoms with Gasteiger partial charge in [-0.3, -0.25) is 9.69 Å². The Labute approximate surface area is 162 Å². The van der Waals surface area contributed by atoms with Gasteiger partial charge in [0.25, 0.3) is 0 Å². The Morgan fingerprint density at radius 3 is 2.70 bits per heavy atom. The number of carbonyl (C=O) groups is 1. The third-order valence-corrected chi connectivity index (χ3v) is 6.50. The summed E-state index contributed by atoms with van der Waals surface area (Å²) in [5.41, 5.74) is 0.896. The minimum Gasteiger partial charge on any atom is -0.486 e. The molecule has 1 amide bonds. The number of ether oxygens (including phenoxy) is 2. The van der Waals surface area contributed by atoms with E-state index in [1.165, 1.54) is 19.3 Å². The van der Waals surface area contributed by atoms with Crippen LogP contribution in [0.15, 0.2) is 18.2 Å². The van der Waals surface area contributed by atoms with Gasteiger partial charge in [-0.05, 0) is 56.3 Å². The predicted octanol–water partition coefficient (Wildman–Crippen LogP) is 3.61.